The predicted octanol–water partition coefficient (Wildman–Crippen LogP) is 1.28. The minimum Gasteiger partial charge on any atom is -0.481 e. The van der Waals surface area contributed by atoms with Gasteiger partial charge in [-0.2, -0.15) is 0 Å². The van der Waals surface area contributed by atoms with E-state index < -0.39 is 0 Å². The third-order valence-electron chi connectivity index (χ3n) is 5.73. The summed E-state index contributed by atoms with van der Waals surface area (Å²) in [6.45, 7) is 4.19. The first kappa shape index (κ1) is 16.2. The number of aromatic nitrogens is 4. The first-order chi connectivity index (χ1) is 12.8. The largest absolute Gasteiger partial charge is 0.481 e. The van der Waals surface area contributed by atoms with E-state index in [1.165, 1.54) is 0 Å². The molecule has 26 heavy (non-hydrogen) atoms. The summed E-state index contributed by atoms with van der Waals surface area (Å²) >= 11 is 0. The molecule has 2 aromatic rings. The average Bonchev–Trinajstić information content (AvgIpc) is 3.32. The molecular formula is C18H23N5O3. The Kier molecular flexibility index (Phi) is 4.11. The maximum Gasteiger partial charge on any atom is 0.212 e. The maximum atomic E-state index is 6.20. The lowest BCUT2D eigenvalue weighted by Crippen LogP contribution is -2.38. The lowest BCUT2D eigenvalue weighted by molar-refractivity contribution is -0.00870. The SMILES string of the molecule is COc1ccc(-c2nnn3c2CO[C@H]2CN(C4CCOCC4)C[C@@H]23)cn1. The Labute approximate surface area is 152 Å². The van der Waals surface area contributed by atoms with Crippen LogP contribution in [-0.2, 0) is 16.1 Å². The molecule has 2 saturated heterocycles. The van der Waals surface area contributed by atoms with Crippen LogP contribution in [0.3, 0.4) is 0 Å². The molecule has 2 fully saturated rings. The van der Waals surface area contributed by atoms with E-state index in [2.05, 4.69) is 24.9 Å². The van der Waals surface area contributed by atoms with Crippen LogP contribution in [0, 0.1) is 0 Å². The highest BCUT2D eigenvalue weighted by molar-refractivity contribution is 5.60. The fourth-order valence-corrected chi connectivity index (χ4v) is 4.30. The van der Waals surface area contributed by atoms with Crippen LogP contribution in [0.1, 0.15) is 24.6 Å². The van der Waals surface area contributed by atoms with Crippen LogP contribution in [0.15, 0.2) is 18.3 Å². The summed E-state index contributed by atoms with van der Waals surface area (Å²) < 4.78 is 18.9. The number of nitrogens with zero attached hydrogens (tertiary/aromatic N) is 5. The molecule has 0 N–H and O–H groups in total. The van der Waals surface area contributed by atoms with Crippen molar-refractivity contribution in [1.82, 2.24) is 24.9 Å². The molecule has 0 spiro atoms. The summed E-state index contributed by atoms with van der Waals surface area (Å²) in [6.07, 6.45) is 4.17. The second-order valence-electron chi connectivity index (χ2n) is 7.13. The summed E-state index contributed by atoms with van der Waals surface area (Å²) in [4.78, 5) is 6.83. The van der Waals surface area contributed by atoms with Gasteiger partial charge in [-0.15, -0.1) is 5.10 Å². The fourth-order valence-electron chi connectivity index (χ4n) is 4.30. The Morgan fingerprint density at radius 3 is 2.85 bits per heavy atom. The minimum absolute atomic E-state index is 0.189. The van der Waals surface area contributed by atoms with Gasteiger partial charge in [0.15, 0.2) is 0 Å². The molecule has 0 bridgehead atoms. The number of methoxy groups -OCH3 is 1. The van der Waals surface area contributed by atoms with E-state index in [0.717, 1.165) is 56.1 Å². The van der Waals surface area contributed by atoms with E-state index in [1.807, 2.05) is 12.1 Å². The smallest absolute Gasteiger partial charge is 0.212 e. The van der Waals surface area contributed by atoms with E-state index in [9.17, 15) is 0 Å². The number of fused-ring (bicyclic) bond motifs is 3. The molecule has 0 aliphatic carbocycles. The average molecular weight is 357 g/mol. The van der Waals surface area contributed by atoms with Crippen molar-refractivity contribution in [3.63, 3.8) is 0 Å². The van der Waals surface area contributed by atoms with Crippen molar-refractivity contribution in [2.45, 2.75) is 37.6 Å². The highest BCUT2D eigenvalue weighted by Crippen LogP contribution is 2.36. The zero-order valence-electron chi connectivity index (χ0n) is 14.9. The Hall–Kier alpha value is -2.03. The molecule has 2 aromatic heterocycles. The molecule has 0 amide bonds. The summed E-state index contributed by atoms with van der Waals surface area (Å²) in [6, 6.07) is 4.63. The second kappa shape index (κ2) is 6.61. The minimum atomic E-state index is 0.189. The van der Waals surface area contributed by atoms with E-state index in [4.69, 9.17) is 14.2 Å². The fraction of sp³-hybridized carbons (Fsp3) is 0.611. The van der Waals surface area contributed by atoms with Gasteiger partial charge in [-0.25, -0.2) is 9.67 Å². The molecule has 0 radical (unpaired) electrons. The van der Waals surface area contributed by atoms with Crippen molar-refractivity contribution in [3.8, 4) is 17.1 Å². The van der Waals surface area contributed by atoms with Gasteiger partial charge in [-0.3, -0.25) is 4.90 Å². The van der Waals surface area contributed by atoms with Gasteiger partial charge < -0.3 is 14.2 Å². The van der Waals surface area contributed by atoms with Gasteiger partial charge in [0.1, 0.15) is 5.69 Å². The van der Waals surface area contributed by atoms with Crippen LogP contribution >= 0.6 is 0 Å². The molecule has 3 aliphatic rings. The summed E-state index contributed by atoms with van der Waals surface area (Å²) in [7, 11) is 1.61. The predicted molar refractivity (Wildman–Crippen MR) is 92.8 cm³/mol. The Morgan fingerprint density at radius 2 is 2.08 bits per heavy atom. The monoisotopic (exact) mass is 357 g/mol. The molecule has 5 rings (SSSR count). The summed E-state index contributed by atoms with van der Waals surface area (Å²) in [5.74, 6) is 0.592. The molecule has 5 heterocycles. The van der Waals surface area contributed by atoms with Crippen LogP contribution in [-0.4, -0.2) is 70.4 Å². The zero-order valence-corrected chi connectivity index (χ0v) is 14.9. The number of rotatable bonds is 3. The molecule has 8 heteroatoms. The first-order valence-electron chi connectivity index (χ1n) is 9.21. The molecule has 0 saturated carbocycles. The van der Waals surface area contributed by atoms with E-state index >= 15 is 0 Å². The highest BCUT2D eigenvalue weighted by Gasteiger charge is 2.42. The van der Waals surface area contributed by atoms with Crippen molar-refractivity contribution in [2.24, 2.45) is 0 Å². The topological polar surface area (TPSA) is 74.5 Å². The number of pyridine rings is 1. The standard InChI is InChI=1S/C18H23N5O3/c1-24-17-3-2-12(8-19-17)18-15-11-26-16-10-22(13-4-6-25-7-5-13)9-14(16)23(15)21-20-18/h2-3,8,13-14,16H,4-7,9-11H2,1H3/t14-,16-/m0/s1. The first-order valence-corrected chi connectivity index (χ1v) is 9.21. The zero-order chi connectivity index (χ0) is 17.5. The van der Waals surface area contributed by atoms with E-state index in [0.29, 0.717) is 18.5 Å². The summed E-state index contributed by atoms with van der Waals surface area (Å²) in [5, 5.41) is 8.91. The number of hydrogen-bond donors (Lipinski definition) is 0. The molecule has 138 valence electrons. The van der Waals surface area contributed by atoms with Crippen molar-refractivity contribution in [2.75, 3.05) is 33.4 Å². The van der Waals surface area contributed by atoms with Crippen LogP contribution in [0.25, 0.3) is 11.3 Å². The van der Waals surface area contributed by atoms with Crippen LogP contribution < -0.4 is 4.74 Å². The number of hydrogen-bond acceptors (Lipinski definition) is 7. The number of ether oxygens (including phenoxy) is 3. The maximum absolute atomic E-state index is 6.20. The second-order valence-corrected chi connectivity index (χ2v) is 7.13. The van der Waals surface area contributed by atoms with E-state index in [-0.39, 0.29) is 12.1 Å². The molecule has 2 atom stereocenters. The van der Waals surface area contributed by atoms with Gasteiger partial charge in [0.2, 0.25) is 5.88 Å². The number of likely N-dealkylation sites (tertiary alicyclic amines) is 1. The van der Waals surface area contributed by atoms with Crippen LogP contribution in [0.2, 0.25) is 0 Å². The van der Waals surface area contributed by atoms with Gasteiger partial charge in [-0.05, 0) is 18.9 Å². The Morgan fingerprint density at radius 1 is 1.19 bits per heavy atom. The van der Waals surface area contributed by atoms with Crippen LogP contribution in [0.5, 0.6) is 5.88 Å². The molecule has 8 nitrogen and oxygen atoms in total. The summed E-state index contributed by atoms with van der Waals surface area (Å²) in [5.41, 5.74) is 2.82. The van der Waals surface area contributed by atoms with Crippen molar-refractivity contribution < 1.29 is 14.2 Å². The highest BCUT2D eigenvalue weighted by atomic mass is 16.5. The van der Waals surface area contributed by atoms with Crippen molar-refractivity contribution in [3.05, 3.63) is 24.0 Å². The third kappa shape index (κ3) is 2.69. The quantitative estimate of drug-likeness (QED) is 0.819. The third-order valence-corrected chi connectivity index (χ3v) is 5.73. The molecular weight excluding hydrogens is 334 g/mol. The van der Waals surface area contributed by atoms with Gasteiger partial charge in [0, 0.05) is 50.2 Å². The lowest BCUT2D eigenvalue weighted by atomic mass is 10.1. The van der Waals surface area contributed by atoms with Gasteiger partial charge >= 0.3 is 0 Å². The van der Waals surface area contributed by atoms with Gasteiger partial charge in [0.05, 0.1) is 31.6 Å². The van der Waals surface area contributed by atoms with Crippen molar-refractivity contribution in [1.29, 1.82) is 0 Å². The molecule has 0 unspecified atom stereocenters. The van der Waals surface area contributed by atoms with Crippen molar-refractivity contribution >= 4 is 0 Å². The Balaban J connectivity index is 1.39. The van der Waals surface area contributed by atoms with E-state index in [1.54, 1.807) is 13.3 Å². The normalized spacial score (nSPS) is 26.5. The van der Waals surface area contributed by atoms with Gasteiger partial charge in [0.25, 0.3) is 0 Å². The lowest BCUT2D eigenvalue weighted by Gasteiger charge is -2.30. The van der Waals surface area contributed by atoms with Crippen LogP contribution in [0.4, 0.5) is 0 Å². The molecule has 0 aromatic carbocycles. The van der Waals surface area contributed by atoms with Gasteiger partial charge in [-0.1, -0.05) is 5.21 Å². The molecule has 3 aliphatic heterocycles. The Bertz CT molecular complexity index is 772.